The summed E-state index contributed by atoms with van der Waals surface area (Å²) in [6, 6.07) is 0. The summed E-state index contributed by atoms with van der Waals surface area (Å²) < 4.78 is 0.113. The molecule has 4 nitrogen and oxygen atoms in total. The molecule has 0 atom stereocenters. The van der Waals surface area contributed by atoms with Crippen molar-refractivity contribution in [1.82, 2.24) is 0 Å². The summed E-state index contributed by atoms with van der Waals surface area (Å²) >= 11 is 5.52. The second kappa shape index (κ2) is 8.06. The van der Waals surface area contributed by atoms with Crippen molar-refractivity contribution in [1.29, 1.82) is 5.41 Å². The fourth-order valence-corrected chi connectivity index (χ4v) is 0.123. The minimum absolute atomic E-state index is 0.0231. The molecule has 0 fully saturated rings. The van der Waals surface area contributed by atoms with Crippen molar-refractivity contribution < 1.29 is 10.3 Å². The molecule has 0 aliphatic carbocycles. The average molecular weight is 262 g/mol. The predicted molar refractivity (Wildman–Crippen MR) is 42.9 cm³/mol. The number of rotatable bonds is 1. The smallest absolute Gasteiger partial charge is 0.177 e. The Morgan fingerprint density at radius 3 is 1.78 bits per heavy atom. The lowest BCUT2D eigenvalue weighted by Crippen LogP contribution is -1.93. The van der Waals surface area contributed by atoms with Crippen molar-refractivity contribution in [2.24, 2.45) is 5.16 Å². The third-order valence-corrected chi connectivity index (χ3v) is 1.73. The Bertz CT molecular complexity index is 114. The molecule has 0 unspecified atom stereocenters. The predicted octanol–water partition coefficient (Wildman–Crippen LogP) is 1.15. The second-order valence-corrected chi connectivity index (χ2v) is 2.25. The van der Waals surface area contributed by atoms with E-state index in [2.05, 4.69) is 37.0 Å². The van der Waals surface area contributed by atoms with Crippen molar-refractivity contribution >= 4 is 41.1 Å². The average Bonchev–Trinajstić information content (AvgIpc) is 1.91. The maximum absolute atomic E-state index is 7.88. The van der Waals surface area contributed by atoms with Gasteiger partial charge in [0.1, 0.15) is 4.62 Å². The number of hydrogen-bond donors (Lipinski definition) is 3. The number of hydrogen-bond acceptors (Lipinski definition) is 4. The van der Waals surface area contributed by atoms with Gasteiger partial charge in [0.25, 0.3) is 0 Å². The van der Waals surface area contributed by atoms with Crippen LogP contribution in [0.25, 0.3) is 0 Å². The number of nitrogens with one attached hydrogen (secondary N) is 1. The highest BCUT2D eigenvalue weighted by molar-refractivity contribution is 9.24. The van der Waals surface area contributed by atoms with Gasteiger partial charge in [0.05, 0.1) is 0 Å². The monoisotopic (exact) mass is 260 g/mol. The molecule has 54 valence electrons. The number of aliphatic hydroxyl groups excluding tert-OH is 1. The lowest BCUT2D eigenvalue weighted by molar-refractivity contribution is 0.322. The van der Waals surface area contributed by atoms with E-state index in [-0.39, 0.29) is 9.24 Å². The van der Waals surface area contributed by atoms with Crippen LogP contribution in [0.3, 0.4) is 0 Å². The molecule has 0 aliphatic rings. The van der Waals surface area contributed by atoms with Crippen LogP contribution >= 0.6 is 31.9 Å². The lowest BCUT2D eigenvalue weighted by atomic mass is 10.8. The Labute approximate surface area is 69.3 Å². The molecule has 0 aromatic heterocycles. The number of halogens is 2. The van der Waals surface area contributed by atoms with Gasteiger partial charge in [-0.25, -0.2) is 0 Å². The SMILES string of the molecule is CO.N=C(Br)/C(Br)=N/O. The van der Waals surface area contributed by atoms with E-state index in [1.54, 1.807) is 0 Å². The topological polar surface area (TPSA) is 76.7 Å². The molecule has 0 bridgehead atoms. The molecular weight excluding hydrogens is 256 g/mol. The maximum Gasteiger partial charge on any atom is 0.177 e. The summed E-state index contributed by atoms with van der Waals surface area (Å²) in [5, 5.41) is 24.2. The van der Waals surface area contributed by atoms with E-state index in [9.17, 15) is 0 Å². The maximum atomic E-state index is 7.88. The van der Waals surface area contributed by atoms with Gasteiger partial charge in [0, 0.05) is 7.11 Å². The van der Waals surface area contributed by atoms with E-state index in [0.717, 1.165) is 7.11 Å². The van der Waals surface area contributed by atoms with Crippen molar-refractivity contribution in [3.63, 3.8) is 0 Å². The highest BCUT2D eigenvalue weighted by Crippen LogP contribution is 1.95. The van der Waals surface area contributed by atoms with Crippen molar-refractivity contribution in [2.45, 2.75) is 0 Å². The van der Waals surface area contributed by atoms with E-state index in [1.807, 2.05) is 0 Å². The molecular formula is C3H6Br2N2O2. The normalized spacial score (nSPS) is 9.56. The molecule has 0 amide bonds. The molecule has 0 aliphatic heterocycles. The van der Waals surface area contributed by atoms with Crippen LogP contribution in [-0.2, 0) is 0 Å². The molecule has 0 aromatic carbocycles. The first-order chi connectivity index (χ1) is 4.18. The zero-order valence-corrected chi connectivity index (χ0v) is 7.77. The molecule has 0 aromatic rings. The zero-order chi connectivity index (χ0) is 7.86. The van der Waals surface area contributed by atoms with Gasteiger partial charge in [0.15, 0.2) is 4.62 Å². The zero-order valence-electron chi connectivity index (χ0n) is 4.60. The van der Waals surface area contributed by atoms with Crippen LogP contribution in [0, 0.1) is 5.41 Å². The first kappa shape index (κ1) is 11.8. The van der Waals surface area contributed by atoms with Gasteiger partial charge in [-0.1, -0.05) is 5.16 Å². The number of aliphatic hydroxyl groups is 1. The van der Waals surface area contributed by atoms with E-state index >= 15 is 0 Å². The Morgan fingerprint density at radius 2 is 1.78 bits per heavy atom. The second-order valence-electron chi connectivity index (χ2n) is 0.705. The summed E-state index contributed by atoms with van der Waals surface area (Å²) in [5.74, 6) is 0. The van der Waals surface area contributed by atoms with Crippen molar-refractivity contribution in [3.8, 4) is 0 Å². The number of oxime groups is 1. The van der Waals surface area contributed by atoms with E-state index in [1.165, 1.54) is 0 Å². The first-order valence-electron chi connectivity index (χ1n) is 1.75. The Hall–Kier alpha value is 0.0600. The summed E-state index contributed by atoms with van der Waals surface area (Å²) in [6.45, 7) is 0. The van der Waals surface area contributed by atoms with Crippen LogP contribution in [0.4, 0.5) is 0 Å². The standard InChI is InChI=1S/C2H2Br2N2O.CH4O/c3-1(5)2(4)6-7;1-2/h5,7H;2H,1H3/b5-1?,6-2-;. The summed E-state index contributed by atoms with van der Waals surface area (Å²) in [4.78, 5) is 0. The highest BCUT2D eigenvalue weighted by Gasteiger charge is 1.94. The Kier molecular flexibility index (Phi) is 10.6. The minimum Gasteiger partial charge on any atom is -0.410 e. The van der Waals surface area contributed by atoms with Gasteiger partial charge in [-0.15, -0.1) is 0 Å². The summed E-state index contributed by atoms with van der Waals surface area (Å²) in [5.41, 5.74) is 0. The van der Waals surface area contributed by atoms with Crippen molar-refractivity contribution in [2.75, 3.05) is 7.11 Å². The lowest BCUT2D eigenvalue weighted by Gasteiger charge is -1.81. The van der Waals surface area contributed by atoms with Gasteiger partial charge in [-0.2, -0.15) is 0 Å². The van der Waals surface area contributed by atoms with Crippen LogP contribution in [0.2, 0.25) is 0 Å². The first-order valence-corrected chi connectivity index (χ1v) is 3.33. The third-order valence-electron chi connectivity index (χ3n) is 0.269. The summed E-state index contributed by atoms with van der Waals surface area (Å²) in [7, 11) is 1.00. The molecule has 0 heterocycles. The van der Waals surface area contributed by atoms with Crippen molar-refractivity contribution in [3.05, 3.63) is 0 Å². The van der Waals surface area contributed by atoms with Crippen LogP contribution in [0.5, 0.6) is 0 Å². The largest absolute Gasteiger partial charge is 0.410 e. The van der Waals surface area contributed by atoms with Gasteiger partial charge >= 0.3 is 0 Å². The molecule has 9 heavy (non-hydrogen) atoms. The molecule has 3 N–H and O–H groups in total. The van der Waals surface area contributed by atoms with Crippen LogP contribution < -0.4 is 0 Å². The van der Waals surface area contributed by atoms with Gasteiger partial charge in [0.2, 0.25) is 0 Å². The van der Waals surface area contributed by atoms with Crippen LogP contribution in [0.1, 0.15) is 0 Å². The Balaban J connectivity index is 0. The van der Waals surface area contributed by atoms with E-state index in [4.69, 9.17) is 15.7 Å². The molecule has 0 rings (SSSR count). The van der Waals surface area contributed by atoms with Gasteiger partial charge < -0.3 is 10.3 Å². The number of nitrogens with zero attached hydrogens (tertiary/aromatic N) is 1. The fourth-order valence-electron chi connectivity index (χ4n) is 0.0439. The van der Waals surface area contributed by atoms with Gasteiger partial charge in [-0.3, -0.25) is 5.41 Å². The fraction of sp³-hybridized carbons (Fsp3) is 0.333. The molecule has 0 saturated heterocycles. The summed E-state index contributed by atoms with van der Waals surface area (Å²) in [6.07, 6.45) is 0. The van der Waals surface area contributed by atoms with Crippen LogP contribution in [0.15, 0.2) is 5.16 Å². The molecule has 0 radical (unpaired) electrons. The quantitative estimate of drug-likeness (QED) is 0.376. The van der Waals surface area contributed by atoms with Crippen LogP contribution in [-0.4, -0.2) is 26.7 Å². The molecule has 0 saturated carbocycles. The van der Waals surface area contributed by atoms with E-state index in [0.29, 0.717) is 0 Å². The Morgan fingerprint density at radius 1 is 1.44 bits per heavy atom. The molecule has 0 spiro atoms. The van der Waals surface area contributed by atoms with Gasteiger partial charge in [-0.05, 0) is 31.9 Å². The highest BCUT2D eigenvalue weighted by atomic mass is 79.9. The van der Waals surface area contributed by atoms with E-state index < -0.39 is 0 Å². The third kappa shape index (κ3) is 8.06. The molecule has 6 heteroatoms. The minimum atomic E-state index is 0.0231.